The van der Waals surface area contributed by atoms with Gasteiger partial charge in [-0.05, 0) is 12.1 Å². The van der Waals surface area contributed by atoms with Crippen molar-refractivity contribution in [3.63, 3.8) is 0 Å². The van der Waals surface area contributed by atoms with E-state index in [0.717, 1.165) is 13.1 Å². The van der Waals surface area contributed by atoms with Crippen molar-refractivity contribution in [2.24, 2.45) is 0 Å². The Bertz CT molecular complexity index is 399. The number of piperazine rings is 1. The van der Waals surface area contributed by atoms with Crippen LogP contribution in [0, 0.1) is 0 Å². The molecule has 98 valence electrons. The van der Waals surface area contributed by atoms with E-state index in [1.807, 2.05) is 0 Å². The second kappa shape index (κ2) is 5.79. The third-order valence-corrected chi connectivity index (χ3v) is 3.08. The van der Waals surface area contributed by atoms with Crippen molar-refractivity contribution in [2.45, 2.75) is 0 Å². The van der Waals surface area contributed by atoms with E-state index in [9.17, 15) is 4.79 Å². The Labute approximate surface area is 106 Å². The molecule has 0 aromatic carbocycles. The normalized spacial score (nSPS) is 16.8. The zero-order valence-electron chi connectivity index (χ0n) is 10.2. The highest BCUT2D eigenvalue weighted by Crippen LogP contribution is 2.08. The van der Waals surface area contributed by atoms with E-state index in [1.54, 1.807) is 17.0 Å². The van der Waals surface area contributed by atoms with Crippen LogP contribution in [0.25, 0.3) is 0 Å². The van der Waals surface area contributed by atoms with Crippen molar-refractivity contribution in [1.29, 1.82) is 0 Å². The van der Waals surface area contributed by atoms with Gasteiger partial charge in [0.25, 0.3) is 5.91 Å². The molecule has 3 N–H and O–H groups in total. The van der Waals surface area contributed by atoms with Crippen LogP contribution >= 0.6 is 0 Å². The smallest absolute Gasteiger partial charge is 0.272 e. The average molecular weight is 250 g/mol. The number of β-amino-alcohol motifs (C(OH)–C–C–N with tert-alkyl or cyclic N) is 1. The number of hydrogen-bond acceptors (Lipinski definition) is 5. The average Bonchev–Trinajstić information content (AvgIpc) is 2.40. The summed E-state index contributed by atoms with van der Waals surface area (Å²) in [6, 6.07) is 3.33. The number of rotatable bonds is 3. The van der Waals surface area contributed by atoms with Gasteiger partial charge in [-0.15, -0.1) is 0 Å². The summed E-state index contributed by atoms with van der Waals surface area (Å²) in [6.07, 6.45) is 1.50. The third kappa shape index (κ3) is 2.96. The number of pyridine rings is 1. The quantitative estimate of drug-likeness (QED) is 0.749. The van der Waals surface area contributed by atoms with E-state index in [4.69, 9.17) is 10.8 Å². The second-order valence-corrected chi connectivity index (χ2v) is 4.33. The maximum absolute atomic E-state index is 12.1. The molecular weight excluding hydrogens is 232 g/mol. The topological polar surface area (TPSA) is 82.7 Å². The number of aliphatic hydroxyl groups is 1. The van der Waals surface area contributed by atoms with Gasteiger partial charge >= 0.3 is 0 Å². The van der Waals surface area contributed by atoms with Crippen LogP contribution in [0.1, 0.15) is 10.5 Å². The molecular formula is C12H18N4O2. The molecule has 0 aliphatic carbocycles. The SMILES string of the molecule is Nc1ccc(C(=O)N2CCN(CCO)CC2)nc1. The molecule has 0 unspecified atom stereocenters. The molecule has 0 atom stereocenters. The van der Waals surface area contributed by atoms with E-state index in [0.29, 0.717) is 31.0 Å². The molecule has 0 saturated carbocycles. The molecule has 2 rings (SSSR count). The number of aromatic nitrogens is 1. The zero-order valence-corrected chi connectivity index (χ0v) is 10.2. The lowest BCUT2D eigenvalue weighted by molar-refractivity contribution is 0.0609. The summed E-state index contributed by atoms with van der Waals surface area (Å²) in [6.45, 7) is 3.76. The number of anilines is 1. The van der Waals surface area contributed by atoms with Crippen molar-refractivity contribution < 1.29 is 9.90 Å². The molecule has 6 heteroatoms. The Balaban J connectivity index is 1.93. The molecule has 1 saturated heterocycles. The zero-order chi connectivity index (χ0) is 13.0. The maximum atomic E-state index is 12.1. The van der Waals surface area contributed by atoms with E-state index in [2.05, 4.69) is 9.88 Å². The molecule has 1 aliphatic rings. The molecule has 18 heavy (non-hydrogen) atoms. The highest BCUT2D eigenvalue weighted by Gasteiger charge is 2.22. The van der Waals surface area contributed by atoms with Gasteiger partial charge in [-0.25, -0.2) is 4.98 Å². The standard InChI is InChI=1S/C12H18N4O2/c13-10-1-2-11(14-9-10)12(18)16-5-3-15(4-6-16)7-8-17/h1-2,9,17H,3-8,13H2. The lowest BCUT2D eigenvalue weighted by Gasteiger charge is -2.34. The number of hydrogen-bond donors (Lipinski definition) is 2. The van der Waals surface area contributed by atoms with E-state index in [1.165, 1.54) is 6.20 Å². The minimum atomic E-state index is -0.0568. The number of carbonyl (C=O) groups excluding carboxylic acids is 1. The first-order chi connectivity index (χ1) is 8.70. The van der Waals surface area contributed by atoms with Crippen LogP contribution in [0.3, 0.4) is 0 Å². The van der Waals surface area contributed by atoms with Crippen LogP contribution in [-0.2, 0) is 0 Å². The minimum absolute atomic E-state index is 0.0568. The molecule has 0 bridgehead atoms. The monoisotopic (exact) mass is 250 g/mol. The van der Waals surface area contributed by atoms with Crippen LogP contribution in [0.4, 0.5) is 5.69 Å². The molecule has 1 aromatic rings. The Morgan fingerprint density at radius 1 is 1.33 bits per heavy atom. The number of nitrogens with zero attached hydrogens (tertiary/aromatic N) is 3. The van der Waals surface area contributed by atoms with Gasteiger partial charge in [0.05, 0.1) is 18.5 Å². The lowest BCUT2D eigenvalue weighted by Crippen LogP contribution is -2.49. The Kier molecular flexibility index (Phi) is 4.11. The molecule has 2 heterocycles. The predicted octanol–water partition coefficient (Wildman–Crippen LogP) is -0.586. The van der Waals surface area contributed by atoms with Gasteiger partial charge in [-0.3, -0.25) is 9.69 Å². The first-order valence-corrected chi connectivity index (χ1v) is 6.04. The Morgan fingerprint density at radius 2 is 2.06 bits per heavy atom. The molecule has 1 aliphatic heterocycles. The molecule has 1 fully saturated rings. The summed E-state index contributed by atoms with van der Waals surface area (Å²) < 4.78 is 0. The number of aliphatic hydroxyl groups excluding tert-OH is 1. The van der Waals surface area contributed by atoms with Gasteiger partial charge in [-0.2, -0.15) is 0 Å². The summed E-state index contributed by atoms with van der Waals surface area (Å²) >= 11 is 0. The number of amides is 1. The van der Waals surface area contributed by atoms with E-state index < -0.39 is 0 Å². The van der Waals surface area contributed by atoms with E-state index >= 15 is 0 Å². The van der Waals surface area contributed by atoms with Gasteiger partial charge in [0.1, 0.15) is 5.69 Å². The predicted molar refractivity (Wildman–Crippen MR) is 68.1 cm³/mol. The van der Waals surface area contributed by atoms with Crippen molar-refractivity contribution in [3.05, 3.63) is 24.0 Å². The van der Waals surface area contributed by atoms with Gasteiger partial charge < -0.3 is 15.7 Å². The lowest BCUT2D eigenvalue weighted by atomic mass is 10.2. The largest absolute Gasteiger partial charge is 0.397 e. The summed E-state index contributed by atoms with van der Waals surface area (Å²) in [5.41, 5.74) is 6.52. The Hall–Kier alpha value is -1.66. The second-order valence-electron chi connectivity index (χ2n) is 4.33. The molecule has 6 nitrogen and oxygen atoms in total. The van der Waals surface area contributed by atoms with E-state index in [-0.39, 0.29) is 12.5 Å². The maximum Gasteiger partial charge on any atom is 0.272 e. The number of nitrogen functional groups attached to an aromatic ring is 1. The highest BCUT2D eigenvalue weighted by molar-refractivity contribution is 5.92. The van der Waals surface area contributed by atoms with Crippen molar-refractivity contribution in [1.82, 2.24) is 14.8 Å². The van der Waals surface area contributed by atoms with Crippen molar-refractivity contribution in [3.8, 4) is 0 Å². The van der Waals surface area contributed by atoms with Crippen LogP contribution in [-0.4, -0.2) is 65.1 Å². The fourth-order valence-electron chi connectivity index (χ4n) is 2.01. The van der Waals surface area contributed by atoms with Crippen molar-refractivity contribution >= 4 is 11.6 Å². The number of carbonyl (C=O) groups is 1. The summed E-state index contributed by atoms with van der Waals surface area (Å²) in [7, 11) is 0. The number of nitrogens with two attached hydrogens (primary N) is 1. The Morgan fingerprint density at radius 3 is 2.61 bits per heavy atom. The fourth-order valence-corrected chi connectivity index (χ4v) is 2.01. The summed E-state index contributed by atoms with van der Waals surface area (Å²) in [4.78, 5) is 20.1. The van der Waals surface area contributed by atoms with Gasteiger partial charge in [-0.1, -0.05) is 0 Å². The fraction of sp³-hybridized carbons (Fsp3) is 0.500. The van der Waals surface area contributed by atoms with Crippen LogP contribution in [0.2, 0.25) is 0 Å². The molecule has 1 aromatic heterocycles. The first-order valence-electron chi connectivity index (χ1n) is 6.04. The first kappa shape index (κ1) is 12.8. The van der Waals surface area contributed by atoms with Gasteiger partial charge in [0.15, 0.2) is 0 Å². The molecule has 1 amide bonds. The summed E-state index contributed by atoms with van der Waals surface area (Å²) in [5, 5.41) is 8.85. The van der Waals surface area contributed by atoms with Crippen LogP contribution in [0.15, 0.2) is 18.3 Å². The molecule has 0 spiro atoms. The van der Waals surface area contributed by atoms with Gasteiger partial charge in [0.2, 0.25) is 0 Å². The van der Waals surface area contributed by atoms with Crippen LogP contribution < -0.4 is 5.73 Å². The van der Waals surface area contributed by atoms with Gasteiger partial charge in [0, 0.05) is 32.7 Å². The summed E-state index contributed by atoms with van der Waals surface area (Å²) in [5.74, 6) is -0.0568. The van der Waals surface area contributed by atoms with Crippen molar-refractivity contribution in [2.75, 3.05) is 45.1 Å². The third-order valence-electron chi connectivity index (χ3n) is 3.08. The highest BCUT2D eigenvalue weighted by atomic mass is 16.3. The minimum Gasteiger partial charge on any atom is -0.397 e. The molecule has 0 radical (unpaired) electrons. The van der Waals surface area contributed by atoms with Crippen LogP contribution in [0.5, 0.6) is 0 Å².